The lowest BCUT2D eigenvalue weighted by atomic mass is 11.0. The van der Waals surface area contributed by atoms with E-state index in [1.165, 1.54) is 0 Å². The molecule has 0 heterocycles. The van der Waals surface area contributed by atoms with Crippen LogP contribution in [0.5, 0.6) is 0 Å². The molecular formula is C3H8F4O6S2. The Kier molecular flexibility index (Phi) is 25.4. The summed E-state index contributed by atoms with van der Waals surface area (Å²) in [5.74, 6) is 0. The maximum absolute atomic E-state index is 10.2. The smallest absolute Gasteiger partial charge is 0.269 e. The Morgan fingerprint density at radius 2 is 0.867 bits per heavy atom. The first kappa shape index (κ1) is 29.2. The highest BCUT2D eigenvalue weighted by Crippen LogP contribution is 1.74. The van der Waals surface area contributed by atoms with Crippen LogP contribution in [0.4, 0.5) is 17.2 Å². The molecule has 0 saturated heterocycles. The van der Waals surface area contributed by atoms with Crippen molar-refractivity contribution in [2.45, 2.75) is 0 Å². The van der Waals surface area contributed by atoms with E-state index in [0.29, 0.717) is 0 Å². The topological polar surface area (TPSA) is 109 Å². The summed E-state index contributed by atoms with van der Waals surface area (Å²) in [5.41, 5.74) is 2.25. The van der Waals surface area contributed by atoms with Gasteiger partial charge in [-0.2, -0.15) is 16.8 Å². The van der Waals surface area contributed by atoms with Crippen LogP contribution in [0.15, 0.2) is 18.9 Å². The van der Waals surface area contributed by atoms with E-state index in [1.807, 2.05) is 0 Å². The Hall–Kier alpha value is -0.940. The van der Waals surface area contributed by atoms with Crippen LogP contribution in [0.3, 0.4) is 0 Å². The fourth-order valence-corrected chi connectivity index (χ4v) is 0. The lowest BCUT2D eigenvalue weighted by Gasteiger charge is -1.63. The average Bonchev–Trinajstić information content (AvgIpc) is 1.52. The minimum atomic E-state index is -5.17. The van der Waals surface area contributed by atoms with Crippen LogP contribution in [0, 0.1) is 0 Å². The van der Waals surface area contributed by atoms with Crippen molar-refractivity contribution in [1.29, 1.82) is 0 Å². The predicted molar refractivity (Wildman–Crippen MR) is 45.1 cm³/mol. The Balaban J connectivity index is -0.0000000322. The van der Waals surface area contributed by atoms with Gasteiger partial charge in [0.25, 0.3) is 0 Å². The molecule has 12 heteroatoms. The van der Waals surface area contributed by atoms with E-state index in [9.17, 15) is 7.77 Å². The number of halogens is 4. The first-order valence-electron chi connectivity index (χ1n) is 2.05. The molecule has 0 aliphatic heterocycles. The second-order valence-electron chi connectivity index (χ2n) is 1.07. The highest BCUT2D eigenvalue weighted by atomic mass is 32.3. The van der Waals surface area contributed by atoms with Gasteiger partial charge in [0.15, 0.2) is 0 Å². The molecule has 0 spiro atoms. The normalized spacial score (nSPS) is 8.27. The number of hydrogen-bond donors (Lipinski definition) is 2. The van der Waals surface area contributed by atoms with Crippen LogP contribution < -0.4 is 0 Å². The Morgan fingerprint density at radius 1 is 0.867 bits per heavy atom. The highest BCUT2D eigenvalue weighted by molar-refractivity contribution is 7.80. The first-order valence-corrected chi connectivity index (χ1v) is 4.73. The van der Waals surface area contributed by atoms with Gasteiger partial charge in [0.05, 0.1) is 0 Å². The van der Waals surface area contributed by atoms with E-state index >= 15 is 0 Å². The zero-order valence-corrected chi connectivity index (χ0v) is 8.46. The van der Waals surface area contributed by atoms with Crippen LogP contribution in [0.1, 0.15) is 0 Å². The molecule has 0 aliphatic carbocycles. The van der Waals surface area contributed by atoms with Crippen molar-refractivity contribution < 1.29 is 43.1 Å². The van der Waals surface area contributed by atoms with Gasteiger partial charge in [-0.25, -0.2) is 0 Å². The maximum Gasteiger partial charge on any atom is 0.435 e. The molecule has 0 saturated carbocycles. The minimum absolute atomic E-state index is 0. The zero-order chi connectivity index (χ0) is 11.7. The van der Waals surface area contributed by atoms with Gasteiger partial charge in [-0.3, -0.25) is 18.5 Å². The lowest BCUT2D eigenvalue weighted by molar-refractivity contribution is 0.432. The molecule has 0 aromatic rings. The molecule has 2 N–H and O–H groups in total. The second kappa shape index (κ2) is 13.1. The maximum atomic E-state index is 10.2. The third-order valence-electron chi connectivity index (χ3n) is 0. The van der Waals surface area contributed by atoms with Crippen molar-refractivity contribution in [3.63, 3.8) is 0 Å². The van der Waals surface area contributed by atoms with Gasteiger partial charge in [0, 0.05) is 0 Å². The van der Waals surface area contributed by atoms with E-state index in [0.717, 1.165) is 0 Å². The molecule has 0 fully saturated rings. The third kappa shape index (κ3) is 1810. The zero-order valence-electron chi connectivity index (χ0n) is 6.83. The predicted octanol–water partition coefficient (Wildman–Crippen LogP) is 0.780. The van der Waals surface area contributed by atoms with Gasteiger partial charge in [0.2, 0.25) is 0 Å². The van der Waals surface area contributed by atoms with E-state index < -0.39 is 21.0 Å². The average molecular weight is 280 g/mol. The van der Waals surface area contributed by atoms with Gasteiger partial charge in [-0.15, -0.1) is 5.73 Å². The molecular weight excluding hydrogens is 272 g/mol. The van der Waals surface area contributed by atoms with Crippen molar-refractivity contribution in [2.24, 2.45) is 0 Å². The Morgan fingerprint density at radius 3 is 0.867 bits per heavy atom. The number of rotatable bonds is 0. The molecule has 0 radical (unpaired) electrons. The monoisotopic (exact) mass is 280 g/mol. The number of hydrogen-bond acceptors (Lipinski definition) is 4. The molecule has 0 atom stereocenters. The molecule has 0 rings (SSSR count). The van der Waals surface area contributed by atoms with Gasteiger partial charge in [-0.05, 0) is 0 Å². The van der Waals surface area contributed by atoms with Crippen LogP contribution in [-0.4, -0.2) is 25.9 Å². The molecule has 6 nitrogen and oxygen atoms in total. The summed E-state index contributed by atoms with van der Waals surface area (Å²) in [6.45, 7) is 6.25. The Labute approximate surface area is 83.7 Å². The van der Waals surface area contributed by atoms with Gasteiger partial charge < -0.3 is 0 Å². The van der Waals surface area contributed by atoms with Gasteiger partial charge in [0.1, 0.15) is 0 Å². The quantitative estimate of drug-likeness (QED) is 0.294. The van der Waals surface area contributed by atoms with Crippen molar-refractivity contribution in [1.82, 2.24) is 0 Å². The molecule has 0 aliphatic rings. The van der Waals surface area contributed by atoms with E-state index in [2.05, 4.69) is 18.9 Å². The fraction of sp³-hybridized carbons (Fsp3) is 0. The Bertz CT molecular complexity index is 293. The summed E-state index contributed by atoms with van der Waals surface area (Å²) in [7, 11) is -10.3. The summed E-state index contributed by atoms with van der Waals surface area (Å²) in [6.07, 6.45) is 0. The molecule has 15 heavy (non-hydrogen) atoms. The lowest BCUT2D eigenvalue weighted by Crippen LogP contribution is -1.80. The summed E-state index contributed by atoms with van der Waals surface area (Å²) in [4.78, 5) is 0. The van der Waals surface area contributed by atoms with E-state index in [4.69, 9.17) is 25.9 Å². The second-order valence-corrected chi connectivity index (χ2v) is 2.72. The minimum Gasteiger partial charge on any atom is -0.269 e. The summed E-state index contributed by atoms with van der Waals surface area (Å²) in [5, 5.41) is 0. The SMILES string of the molecule is C=C=C.F.F.O=S(=O)(O)F.O=S(=O)(O)F. The summed E-state index contributed by atoms with van der Waals surface area (Å²) < 4.78 is 68.2. The van der Waals surface area contributed by atoms with Crippen LogP contribution in [-0.2, 0) is 21.0 Å². The standard InChI is InChI=1S/C3H4.2FHO3S.2FH/c1-3-2;2*1-5(2,3)4;;/h1-2H2;2*(H,2,3,4);2*1H. The summed E-state index contributed by atoms with van der Waals surface area (Å²) in [6, 6.07) is 0. The van der Waals surface area contributed by atoms with Crippen molar-refractivity contribution >= 4 is 21.0 Å². The van der Waals surface area contributed by atoms with Crippen molar-refractivity contribution in [3.05, 3.63) is 18.9 Å². The molecule has 0 aromatic heterocycles. The summed E-state index contributed by atoms with van der Waals surface area (Å²) >= 11 is 0. The van der Waals surface area contributed by atoms with E-state index in [-0.39, 0.29) is 9.41 Å². The van der Waals surface area contributed by atoms with Crippen molar-refractivity contribution in [2.75, 3.05) is 0 Å². The highest BCUT2D eigenvalue weighted by Gasteiger charge is 1.90. The van der Waals surface area contributed by atoms with Crippen LogP contribution in [0.25, 0.3) is 0 Å². The van der Waals surface area contributed by atoms with Crippen LogP contribution >= 0.6 is 0 Å². The third-order valence-corrected chi connectivity index (χ3v) is 0. The van der Waals surface area contributed by atoms with Crippen molar-refractivity contribution in [3.8, 4) is 0 Å². The van der Waals surface area contributed by atoms with Gasteiger partial charge in [-0.1, -0.05) is 20.9 Å². The molecule has 0 bridgehead atoms. The molecule has 0 amide bonds. The largest absolute Gasteiger partial charge is 0.435 e. The molecule has 96 valence electrons. The first-order chi connectivity index (χ1) is 5.41. The van der Waals surface area contributed by atoms with Crippen LogP contribution in [0.2, 0.25) is 0 Å². The van der Waals surface area contributed by atoms with Gasteiger partial charge >= 0.3 is 21.0 Å². The molecule has 0 aromatic carbocycles. The molecule has 0 unspecified atom stereocenters. The fourth-order valence-electron chi connectivity index (χ4n) is 0. The van der Waals surface area contributed by atoms with E-state index in [1.54, 1.807) is 0 Å².